The summed E-state index contributed by atoms with van der Waals surface area (Å²) in [5.41, 5.74) is 0. The Bertz CT molecular complexity index is 303. The van der Waals surface area contributed by atoms with Crippen LogP contribution in [0.4, 0.5) is 0 Å². The van der Waals surface area contributed by atoms with Crippen molar-refractivity contribution in [2.75, 3.05) is 45.1 Å². The smallest absolute Gasteiger partial charge is 0.302 e. The molecule has 0 bridgehead atoms. The van der Waals surface area contributed by atoms with Gasteiger partial charge in [-0.2, -0.15) is 0 Å². The molecular weight excluding hydrogens is 385 g/mol. The number of nitrogens with zero attached hydrogens (tertiary/aromatic N) is 1. The Morgan fingerprint density at radius 2 is 2.24 bits per heavy atom. The molecule has 3 atom stereocenters. The number of rotatable bonds is 9. The second-order valence-electron chi connectivity index (χ2n) is 5.73. The highest BCUT2D eigenvalue weighted by atomic mass is 127. The molecule has 1 fully saturated rings. The van der Waals surface area contributed by atoms with Crippen LogP contribution < -0.4 is 0 Å². The van der Waals surface area contributed by atoms with Crippen molar-refractivity contribution in [2.45, 2.75) is 32.3 Å². The first-order valence-corrected chi connectivity index (χ1v) is 9.09. The minimum absolute atomic E-state index is 0.0679. The van der Waals surface area contributed by atoms with Crippen LogP contribution in [-0.2, 0) is 19.0 Å². The normalized spacial score (nSPS) is 24.8. The van der Waals surface area contributed by atoms with Gasteiger partial charge in [-0.05, 0) is 32.2 Å². The molecule has 0 aromatic rings. The van der Waals surface area contributed by atoms with E-state index in [0.717, 1.165) is 43.4 Å². The largest absolute Gasteiger partial charge is 0.462 e. The second-order valence-corrected chi connectivity index (χ2v) is 6.61. The van der Waals surface area contributed by atoms with Gasteiger partial charge in [0.15, 0.2) is 0 Å². The Labute approximate surface area is 141 Å². The lowest BCUT2D eigenvalue weighted by atomic mass is 9.82. The fourth-order valence-electron chi connectivity index (χ4n) is 2.94. The molecule has 0 aliphatic carbocycles. The van der Waals surface area contributed by atoms with Crippen LogP contribution in [0.5, 0.6) is 0 Å². The number of piperidine rings is 1. The molecule has 1 heterocycles. The van der Waals surface area contributed by atoms with Crippen LogP contribution >= 0.6 is 22.6 Å². The molecule has 0 N–H and O–H groups in total. The highest BCUT2D eigenvalue weighted by Crippen LogP contribution is 2.30. The maximum atomic E-state index is 11.3. The Morgan fingerprint density at radius 3 is 2.86 bits per heavy atom. The van der Waals surface area contributed by atoms with Gasteiger partial charge in [0.1, 0.15) is 12.9 Å². The molecule has 3 unspecified atom stereocenters. The Morgan fingerprint density at radius 1 is 1.48 bits per heavy atom. The molecule has 1 saturated heterocycles. The average molecular weight is 413 g/mol. The Balaban J connectivity index is 2.50. The van der Waals surface area contributed by atoms with Gasteiger partial charge < -0.3 is 19.1 Å². The third-order valence-electron chi connectivity index (χ3n) is 3.98. The van der Waals surface area contributed by atoms with Crippen LogP contribution in [-0.4, -0.2) is 62.0 Å². The van der Waals surface area contributed by atoms with Crippen molar-refractivity contribution in [3.05, 3.63) is 0 Å². The number of methoxy groups -OCH3 is 1. The zero-order chi connectivity index (χ0) is 15.7. The number of carbonyl (C=O) groups excluding carboxylic acids is 1. The summed E-state index contributed by atoms with van der Waals surface area (Å²) in [4.78, 5) is 13.6. The minimum atomic E-state index is -0.162. The molecule has 0 aromatic carbocycles. The summed E-state index contributed by atoms with van der Waals surface area (Å²) < 4.78 is 16.9. The molecule has 0 saturated carbocycles. The second kappa shape index (κ2) is 10.7. The van der Waals surface area contributed by atoms with Gasteiger partial charge in [0.25, 0.3) is 0 Å². The quantitative estimate of drug-likeness (QED) is 0.191. The molecule has 124 valence electrons. The Hall–Kier alpha value is 0.0800. The number of alkyl halides is 1. The maximum absolute atomic E-state index is 11.3. The summed E-state index contributed by atoms with van der Waals surface area (Å²) in [6.07, 6.45) is 3.12. The van der Waals surface area contributed by atoms with Crippen molar-refractivity contribution in [3.63, 3.8) is 0 Å². The van der Waals surface area contributed by atoms with E-state index in [-0.39, 0.29) is 12.1 Å². The molecule has 5 nitrogen and oxygen atoms in total. The summed E-state index contributed by atoms with van der Waals surface area (Å²) in [5.74, 6) is 0.820. The number of likely N-dealkylation sites (tertiary alicyclic amines) is 1. The van der Waals surface area contributed by atoms with Gasteiger partial charge in [-0.3, -0.25) is 4.79 Å². The molecule has 1 aliphatic rings. The summed E-state index contributed by atoms with van der Waals surface area (Å²) >= 11 is 2.45. The Kier molecular flexibility index (Phi) is 9.79. The van der Waals surface area contributed by atoms with Crippen LogP contribution in [0.3, 0.4) is 0 Å². The van der Waals surface area contributed by atoms with E-state index in [1.165, 1.54) is 6.92 Å². The summed E-state index contributed by atoms with van der Waals surface area (Å²) in [5, 5.41) is 0. The third-order valence-corrected chi connectivity index (χ3v) is 5.11. The first-order valence-electron chi connectivity index (χ1n) is 7.56. The van der Waals surface area contributed by atoms with Crippen molar-refractivity contribution < 1.29 is 19.0 Å². The van der Waals surface area contributed by atoms with Crippen LogP contribution in [0.15, 0.2) is 0 Å². The van der Waals surface area contributed by atoms with Crippen molar-refractivity contribution in [1.82, 2.24) is 4.90 Å². The monoisotopic (exact) mass is 413 g/mol. The van der Waals surface area contributed by atoms with Crippen molar-refractivity contribution >= 4 is 28.6 Å². The highest BCUT2D eigenvalue weighted by Gasteiger charge is 2.35. The summed E-state index contributed by atoms with van der Waals surface area (Å²) in [6, 6.07) is 0. The fourth-order valence-corrected chi connectivity index (χ4v) is 4.03. The number of ether oxygens (including phenoxy) is 3. The molecule has 0 aromatic heterocycles. The zero-order valence-electron chi connectivity index (χ0n) is 13.3. The average Bonchev–Trinajstić information content (AvgIpc) is 2.45. The van der Waals surface area contributed by atoms with E-state index in [2.05, 4.69) is 34.5 Å². The summed E-state index contributed by atoms with van der Waals surface area (Å²) in [7, 11) is 3.78. The lowest BCUT2D eigenvalue weighted by Crippen LogP contribution is -2.46. The maximum Gasteiger partial charge on any atom is 0.302 e. The molecule has 0 spiro atoms. The van der Waals surface area contributed by atoms with Gasteiger partial charge in [-0.15, -0.1) is 0 Å². The predicted octanol–water partition coefficient (Wildman–Crippen LogP) is 2.32. The van der Waals surface area contributed by atoms with Crippen molar-refractivity contribution in [2.24, 2.45) is 11.8 Å². The van der Waals surface area contributed by atoms with Crippen LogP contribution in [0, 0.1) is 11.8 Å². The van der Waals surface area contributed by atoms with Crippen molar-refractivity contribution in [3.8, 4) is 0 Å². The predicted molar refractivity (Wildman–Crippen MR) is 90.6 cm³/mol. The SMILES string of the molecule is COCOCCCC(CI)C1CN(C)CCC1OC(C)=O. The number of esters is 1. The molecule has 1 rings (SSSR count). The number of carbonyl (C=O) groups is 1. The fraction of sp³-hybridized carbons (Fsp3) is 0.933. The molecule has 1 aliphatic heterocycles. The molecular formula is C15H28INO4. The standard InChI is InChI=1S/C15H28INO4/c1-12(18)21-15-6-7-17(2)10-14(15)13(9-16)5-4-8-20-11-19-3/h13-15H,4-11H2,1-3H3. The van der Waals surface area contributed by atoms with Crippen molar-refractivity contribution in [1.29, 1.82) is 0 Å². The van der Waals surface area contributed by atoms with Crippen LogP contribution in [0.2, 0.25) is 0 Å². The van der Waals surface area contributed by atoms with E-state index in [1.54, 1.807) is 7.11 Å². The number of hydrogen-bond acceptors (Lipinski definition) is 5. The van der Waals surface area contributed by atoms with Gasteiger partial charge in [0.2, 0.25) is 0 Å². The number of halogens is 1. The molecule has 21 heavy (non-hydrogen) atoms. The van der Waals surface area contributed by atoms with Gasteiger partial charge in [0.05, 0.1) is 0 Å². The lowest BCUT2D eigenvalue weighted by Gasteiger charge is -2.40. The van der Waals surface area contributed by atoms with Crippen LogP contribution in [0.25, 0.3) is 0 Å². The van der Waals surface area contributed by atoms with Crippen LogP contribution in [0.1, 0.15) is 26.2 Å². The van der Waals surface area contributed by atoms with Gasteiger partial charge in [-0.25, -0.2) is 0 Å². The number of hydrogen-bond donors (Lipinski definition) is 0. The summed E-state index contributed by atoms with van der Waals surface area (Å²) in [6.45, 7) is 4.59. The highest BCUT2D eigenvalue weighted by molar-refractivity contribution is 14.1. The van der Waals surface area contributed by atoms with E-state index >= 15 is 0 Å². The molecule has 0 radical (unpaired) electrons. The molecule has 6 heteroatoms. The lowest BCUT2D eigenvalue weighted by molar-refractivity contribution is -0.153. The minimum Gasteiger partial charge on any atom is -0.462 e. The topological polar surface area (TPSA) is 48.0 Å². The van der Waals surface area contributed by atoms with E-state index < -0.39 is 0 Å². The third kappa shape index (κ3) is 7.25. The van der Waals surface area contributed by atoms with E-state index in [9.17, 15) is 4.79 Å². The van der Waals surface area contributed by atoms with Gasteiger partial charge in [-0.1, -0.05) is 22.6 Å². The van der Waals surface area contributed by atoms with E-state index in [4.69, 9.17) is 14.2 Å². The first kappa shape index (κ1) is 19.1. The van der Waals surface area contributed by atoms with E-state index in [0.29, 0.717) is 18.6 Å². The van der Waals surface area contributed by atoms with Gasteiger partial charge in [0, 0.05) is 44.1 Å². The first-order chi connectivity index (χ1) is 10.1. The van der Waals surface area contributed by atoms with Gasteiger partial charge >= 0.3 is 5.97 Å². The molecule has 0 amide bonds. The zero-order valence-corrected chi connectivity index (χ0v) is 15.5. The van der Waals surface area contributed by atoms with E-state index in [1.807, 2.05) is 0 Å².